The Kier molecular flexibility index (Phi) is 3.48. The van der Waals surface area contributed by atoms with Gasteiger partial charge >= 0.3 is 0 Å². The fourth-order valence-corrected chi connectivity index (χ4v) is 4.15. The van der Waals surface area contributed by atoms with Crippen LogP contribution in [0.5, 0.6) is 0 Å². The fraction of sp³-hybridized carbons (Fsp3) is 0.600. The molecule has 2 saturated heterocycles. The van der Waals surface area contributed by atoms with Crippen molar-refractivity contribution in [2.24, 2.45) is 5.41 Å². The molecular weight excluding hydrogens is 288 g/mol. The van der Waals surface area contributed by atoms with Crippen molar-refractivity contribution in [1.82, 2.24) is 10.2 Å². The van der Waals surface area contributed by atoms with Crippen LogP contribution in [0.15, 0.2) is 28.7 Å². The molecule has 3 heteroatoms. The third-order valence-electron chi connectivity index (χ3n) is 4.83. The summed E-state index contributed by atoms with van der Waals surface area (Å²) in [5.74, 6) is 0.668. The normalized spacial score (nSPS) is 27.8. The largest absolute Gasteiger partial charge is 0.316 e. The highest BCUT2D eigenvalue weighted by Gasteiger charge is 2.45. The SMILES string of the molecule is CN1CCC2(CC1)CNCC2c1ccccc1Br. The fourth-order valence-electron chi connectivity index (χ4n) is 3.59. The first-order valence-electron chi connectivity index (χ1n) is 6.85. The van der Waals surface area contributed by atoms with Crippen molar-refractivity contribution in [2.45, 2.75) is 18.8 Å². The lowest BCUT2D eigenvalue weighted by Gasteiger charge is -2.42. The monoisotopic (exact) mass is 308 g/mol. The number of nitrogens with one attached hydrogen (secondary N) is 1. The third kappa shape index (κ3) is 2.13. The molecule has 0 saturated carbocycles. The molecule has 2 aliphatic heterocycles. The maximum Gasteiger partial charge on any atom is 0.0210 e. The van der Waals surface area contributed by atoms with Gasteiger partial charge in [0.25, 0.3) is 0 Å². The standard InChI is InChI=1S/C15H21BrN2/c1-18-8-6-15(7-9-18)11-17-10-13(15)12-4-2-3-5-14(12)16/h2-5,13,17H,6-11H2,1H3. The van der Waals surface area contributed by atoms with Crippen LogP contribution in [0.4, 0.5) is 0 Å². The first-order valence-corrected chi connectivity index (χ1v) is 7.64. The first-order chi connectivity index (χ1) is 8.71. The van der Waals surface area contributed by atoms with Crippen molar-refractivity contribution in [1.29, 1.82) is 0 Å². The van der Waals surface area contributed by atoms with Gasteiger partial charge in [-0.15, -0.1) is 0 Å². The van der Waals surface area contributed by atoms with Gasteiger partial charge < -0.3 is 10.2 Å². The van der Waals surface area contributed by atoms with E-state index in [0.29, 0.717) is 11.3 Å². The zero-order chi connectivity index (χ0) is 12.6. The van der Waals surface area contributed by atoms with Crippen molar-refractivity contribution in [3.05, 3.63) is 34.3 Å². The maximum atomic E-state index is 3.73. The van der Waals surface area contributed by atoms with Crippen LogP contribution in [0.2, 0.25) is 0 Å². The molecule has 3 rings (SSSR count). The Morgan fingerprint density at radius 2 is 2.00 bits per heavy atom. The highest BCUT2D eigenvalue weighted by Crippen LogP contribution is 2.48. The topological polar surface area (TPSA) is 15.3 Å². The Balaban J connectivity index is 1.90. The minimum absolute atomic E-state index is 0.483. The summed E-state index contributed by atoms with van der Waals surface area (Å²) in [4.78, 5) is 2.46. The third-order valence-corrected chi connectivity index (χ3v) is 5.55. The zero-order valence-corrected chi connectivity index (χ0v) is 12.5. The number of piperidine rings is 1. The van der Waals surface area contributed by atoms with Crippen LogP contribution in [-0.4, -0.2) is 38.1 Å². The molecule has 2 nitrogen and oxygen atoms in total. The number of benzene rings is 1. The summed E-state index contributed by atoms with van der Waals surface area (Å²) in [6.45, 7) is 4.80. The molecule has 0 amide bonds. The number of hydrogen-bond donors (Lipinski definition) is 1. The van der Waals surface area contributed by atoms with Gasteiger partial charge in [0, 0.05) is 23.5 Å². The number of hydrogen-bond acceptors (Lipinski definition) is 2. The summed E-state index contributed by atoms with van der Waals surface area (Å²) in [5, 5.41) is 3.63. The van der Waals surface area contributed by atoms with Crippen LogP contribution >= 0.6 is 15.9 Å². The molecule has 1 spiro atoms. The van der Waals surface area contributed by atoms with Crippen molar-refractivity contribution in [2.75, 3.05) is 33.2 Å². The summed E-state index contributed by atoms with van der Waals surface area (Å²) in [5.41, 5.74) is 1.98. The number of nitrogens with zero attached hydrogens (tertiary/aromatic N) is 1. The van der Waals surface area contributed by atoms with Gasteiger partial charge in [0.05, 0.1) is 0 Å². The molecule has 18 heavy (non-hydrogen) atoms. The molecule has 1 unspecified atom stereocenters. The molecule has 1 aromatic carbocycles. The van der Waals surface area contributed by atoms with E-state index in [1.807, 2.05) is 0 Å². The maximum absolute atomic E-state index is 3.73. The average Bonchev–Trinajstić information content (AvgIpc) is 2.78. The minimum Gasteiger partial charge on any atom is -0.316 e. The van der Waals surface area contributed by atoms with Gasteiger partial charge in [0.2, 0.25) is 0 Å². The van der Waals surface area contributed by atoms with Crippen LogP contribution in [-0.2, 0) is 0 Å². The van der Waals surface area contributed by atoms with E-state index < -0.39 is 0 Å². The Morgan fingerprint density at radius 1 is 1.28 bits per heavy atom. The molecule has 1 aromatic rings. The minimum atomic E-state index is 0.483. The second-order valence-corrected chi connectivity index (χ2v) is 6.72. The Hall–Kier alpha value is -0.380. The van der Waals surface area contributed by atoms with Gasteiger partial charge in [-0.2, -0.15) is 0 Å². The van der Waals surface area contributed by atoms with E-state index >= 15 is 0 Å². The highest BCUT2D eigenvalue weighted by molar-refractivity contribution is 9.10. The lowest BCUT2D eigenvalue weighted by atomic mass is 9.68. The van der Waals surface area contributed by atoms with Crippen LogP contribution in [0, 0.1) is 5.41 Å². The highest BCUT2D eigenvalue weighted by atomic mass is 79.9. The van der Waals surface area contributed by atoms with Gasteiger partial charge in [-0.1, -0.05) is 34.1 Å². The van der Waals surface area contributed by atoms with E-state index in [9.17, 15) is 0 Å². The summed E-state index contributed by atoms with van der Waals surface area (Å²) in [6, 6.07) is 8.75. The van der Waals surface area contributed by atoms with E-state index in [1.54, 1.807) is 0 Å². The molecule has 2 aliphatic rings. The lowest BCUT2D eigenvalue weighted by molar-refractivity contribution is 0.123. The van der Waals surface area contributed by atoms with Crippen LogP contribution in [0.1, 0.15) is 24.3 Å². The molecule has 0 bridgehead atoms. The predicted octanol–water partition coefficient (Wildman–Crippen LogP) is 2.85. The quantitative estimate of drug-likeness (QED) is 0.858. The van der Waals surface area contributed by atoms with Crippen LogP contribution < -0.4 is 5.32 Å². The lowest BCUT2D eigenvalue weighted by Crippen LogP contribution is -2.41. The first kappa shape index (κ1) is 12.6. The van der Waals surface area contributed by atoms with Gasteiger partial charge in [-0.25, -0.2) is 0 Å². The van der Waals surface area contributed by atoms with Crippen LogP contribution in [0.25, 0.3) is 0 Å². The molecular formula is C15H21BrN2. The molecule has 1 atom stereocenters. The molecule has 0 aliphatic carbocycles. The molecule has 2 fully saturated rings. The van der Waals surface area contributed by atoms with Gasteiger partial charge in [0.15, 0.2) is 0 Å². The van der Waals surface area contributed by atoms with Crippen molar-refractivity contribution in [3.8, 4) is 0 Å². The average molecular weight is 309 g/mol. The Morgan fingerprint density at radius 3 is 2.72 bits per heavy atom. The summed E-state index contributed by atoms with van der Waals surface area (Å²) >= 11 is 3.73. The van der Waals surface area contributed by atoms with E-state index in [1.165, 1.54) is 42.5 Å². The van der Waals surface area contributed by atoms with Gasteiger partial charge in [-0.05, 0) is 50.0 Å². The van der Waals surface area contributed by atoms with Gasteiger partial charge in [0.1, 0.15) is 0 Å². The molecule has 2 heterocycles. The van der Waals surface area contributed by atoms with E-state index in [0.717, 1.165) is 6.54 Å². The van der Waals surface area contributed by atoms with Crippen LogP contribution in [0.3, 0.4) is 0 Å². The summed E-state index contributed by atoms with van der Waals surface area (Å²) in [6.07, 6.45) is 2.64. The second-order valence-electron chi connectivity index (χ2n) is 5.87. The Bertz CT molecular complexity index is 424. The van der Waals surface area contributed by atoms with Crippen molar-refractivity contribution >= 4 is 15.9 Å². The number of likely N-dealkylation sites (tertiary alicyclic amines) is 1. The number of halogens is 1. The summed E-state index contributed by atoms with van der Waals surface area (Å²) < 4.78 is 1.28. The summed E-state index contributed by atoms with van der Waals surface area (Å²) in [7, 11) is 2.24. The van der Waals surface area contributed by atoms with Crippen molar-refractivity contribution < 1.29 is 0 Å². The van der Waals surface area contributed by atoms with E-state index in [4.69, 9.17) is 0 Å². The van der Waals surface area contributed by atoms with E-state index in [-0.39, 0.29) is 0 Å². The smallest absolute Gasteiger partial charge is 0.0210 e. The van der Waals surface area contributed by atoms with Gasteiger partial charge in [-0.3, -0.25) is 0 Å². The molecule has 98 valence electrons. The molecule has 0 aromatic heterocycles. The predicted molar refractivity (Wildman–Crippen MR) is 78.9 cm³/mol. The van der Waals surface area contributed by atoms with Crippen molar-refractivity contribution in [3.63, 3.8) is 0 Å². The second kappa shape index (κ2) is 4.95. The molecule has 1 N–H and O–H groups in total. The Labute approximate surface area is 118 Å². The number of rotatable bonds is 1. The zero-order valence-electron chi connectivity index (χ0n) is 11.0. The molecule has 0 radical (unpaired) electrons. The van der Waals surface area contributed by atoms with E-state index in [2.05, 4.69) is 57.5 Å².